The summed E-state index contributed by atoms with van der Waals surface area (Å²) in [5.41, 5.74) is 1.02. The van der Waals surface area contributed by atoms with Crippen molar-refractivity contribution >= 4 is 11.7 Å². The molecule has 2 aromatic heterocycles. The van der Waals surface area contributed by atoms with Crippen molar-refractivity contribution in [3.05, 3.63) is 71.2 Å². The van der Waals surface area contributed by atoms with Gasteiger partial charge in [0.2, 0.25) is 0 Å². The van der Waals surface area contributed by atoms with E-state index >= 15 is 0 Å². The van der Waals surface area contributed by atoms with Crippen molar-refractivity contribution in [1.29, 1.82) is 0 Å². The summed E-state index contributed by atoms with van der Waals surface area (Å²) >= 11 is 0. The molecule has 2 atom stereocenters. The second-order valence-corrected chi connectivity index (χ2v) is 8.47. The number of nitrogens with one attached hydrogen (secondary N) is 1. The monoisotopic (exact) mass is 473 g/mol. The van der Waals surface area contributed by atoms with Gasteiger partial charge in [-0.3, -0.25) is 4.79 Å². The summed E-state index contributed by atoms with van der Waals surface area (Å²) in [6, 6.07) is 8.66. The van der Waals surface area contributed by atoms with Crippen molar-refractivity contribution in [3.63, 3.8) is 0 Å². The SMILES string of the molecule is Cc1c(C(=O)NCc2ccc(N3C[C@@H](C)O[C@@H](C)C3)nc2)cnn1-c1cccc(C(F)(F)F)c1. The first kappa shape index (κ1) is 23.7. The van der Waals surface area contributed by atoms with Crippen LogP contribution in [0.25, 0.3) is 5.69 Å². The summed E-state index contributed by atoms with van der Waals surface area (Å²) in [5.74, 6) is 0.492. The predicted molar refractivity (Wildman–Crippen MR) is 121 cm³/mol. The molecule has 0 unspecified atom stereocenters. The van der Waals surface area contributed by atoms with Crippen molar-refractivity contribution in [3.8, 4) is 5.69 Å². The third kappa shape index (κ3) is 5.22. The molecule has 4 rings (SSSR count). The zero-order chi connectivity index (χ0) is 24.5. The Balaban J connectivity index is 1.41. The lowest BCUT2D eigenvalue weighted by atomic mass is 10.2. The molecule has 7 nitrogen and oxygen atoms in total. The Kier molecular flexibility index (Phi) is 6.60. The molecule has 10 heteroatoms. The van der Waals surface area contributed by atoms with Gasteiger partial charge in [0.05, 0.1) is 40.9 Å². The van der Waals surface area contributed by atoms with E-state index in [1.807, 2.05) is 26.0 Å². The van der Waals surface area contributed by atoms with Gasteiger partial charge in [-0.1, -0.05) is 12.1 Å². The largest absolute Gasteiger partial charge is 0.416 e. The number of ether oxygens (including phenoxy) is 1. The van der Waals surface area contributed by atoms with E-state index < -0.39 is 11.7 Å². The van der Waals surface area contributed by atoms with Crippen LogP contribution in [0.15, 0.2) is 48.8 Å². The van der Waals surface area contributed by atoms with Crippen molar-refractivity contribution in [2.24, 2.45) is 0 Å². The van der Waals surface area contributed by atoms with E-state index in [1.54, 1.807) is 13.1 Å². The zero-order valence-corrected chi connectivity index (χ0v) is 19.1. The molecule has 3 aromatic rings. The van der Waals surface area contributed by atoms with Gasteiger partial charge in [0.15, 0.2) is 0 Å². The Morgan fingerprint density at radius 2 is 1.88 bits per heavy atom. The first-order chi connectivity index (χ1) is 16.1. The molecule has 180 valence electrons. The van der Waals surface area contributed by atoms with Crippen LogP contribution in [0.4, 0.5) is 19.0 Å². The number of nitrogens with zero attached hydrogens (tertiary/aromatic N) is 4. The molecule has 34 heavy (non-hydrogen) atoms. The molecule has 0 aliphatic carbocycles. The molecule has 1 amide bonds. The first-order valence-electron chi connectivity index (χ1n) is 11.0. The number of hydrogen-bond acceptors (Lipinski definition) is 5. The fourth-order valence-electron chi connectivity index (χ4n) is 4.06. The van der Waals surface area contributed by atoms with Gasteiger partial charge in [0.1, 0.15) is 5.82 Å². The summed E-state index contributed by atoms with van der Waals surface area (Å²) in [6.07, 6.45) is -1.12. The van der Waals surface area contributed by atoms with Crippen LogP contribution in [0.1, 0.15) is 41.0 Å². The zero-order valence-electron chi connectivity index (χ0n) is 19.1. The van der Waals surface area contributed by atoms with Crippen LogP contribution in [-0.2, 0) is 17.5 Å². The molecule has 1 aromatic carbocycles. The van der Waals surface area contributed by atoms with Gasteiger partial charge in [-0.2, -0.15) is 18.3 Å². The van der Waals surface area contributed by atoms with E-state index in [4.69, 9.17) is 4.74 Å². The van der Waals surface area contributed by atoms with Gasteiger partial charge < -0.3 is 15.0 Å². The highest BCUT2D eigenvalue weighted by Gasteiger charge is 2.31. The quantitative estimate of drug-likeness (QED) is 0.603. The summed E-state index contributed by atoms with van der Waals surface area (Å²) in [7, 11) is 0. The Bertz CT molecular complexity index is 1150. The number of alkyl halides is 3. The van der Waals surface area contributed by atoms with Crippen LogP contribution in [0, 0.1) is 6.92 Å². The highest BCUT2D eigenvalue weighted by atomic mass is 19.4. The van der Waals surface area contributed by atoms with Gasteiger partial charge in [0.25, 0.3) is 5.91 Å². The Hall–Kier alpha value is -3.40. The van der Waals surface area contributed by atoms with Crippen LogP contribution in [-0.4, -0.2) is 46.0 Å². The highest BCUT2D eigenvalue weighted by Crippen LogP contribution is 2.30. The second-order valence-electron chi connectivity index (χ2n) is 8.47. The Labute approximate surface area is 195 Å². The lowest BCUT2D eigenvalue weighted by Gasteiger charge is -2.36. The molecule has 3 heterocycles. The van der Waals surface area contributed by atoms with Gasteiger partial charge in [-0.15, -0.1) is 0 Å². The van der Waals surface area contributed by atoms with E-state index in [2.05, 4.69) is 20.3 Å². The van der Waals surface area contributed by atoms with E-state index in [1.165, 1.54) is 23.0 Å². The molecule has 1 aliphatic heterocycles. The summed E-state index contributed by atoms with van der Waals surface area (Å²) in [6.45, 7) is 7.50. The number of rotatable bonds is 5. The Morgan fingerprint density at radius 1 is 1.15 bits per heavy atom. The maximum Gasteiger partial charge on any atom is 0.416 e. The molecule has 0 bridgehead atoms. The molecular weight excluding hydrogens is 447 g/mol. The average Bonchev–Trinajstić information content (AvgIpc) is 3.18. The molecule has 0 spiro atoms. The van der Waals surface area contributed by atoms with Gasteiger partial charge in [-0.05, 0) is 50.6 Å². The van der Waals surface area contributed by atoms with E-state index in [9.17, 15) is 18.0 Å². The smallest absolute Gasteiger partial charge is 0.372 e. The number of amides is 1. The minimum absolute atomic E-state index is 0.129. The van der Waals surface area contributed by atoms with Crippen molar-refractivity contribution in [1.82, 2.24) is 20.1 Å². The fourth-order valence-corrected chi connectivity index (χ4v) is 4.06. The molecule has 1 saturated heterocycles. The first-order valence-corrected chi connectivity index (χ1v) is 11.0. The molecule has 0 saturated carbocycles. The molecule has 1 N–H and O–H groups in total. The van der Waals surface area contributed by atoms with Crippen molar-refractivity contribution in [2.45, 2.75) is 45.7 Å². The number of benzene rings is 1. The minimum atomic E-state index is -4.46. The van der Waals surface area contributed by atoms with Crippen LogP contribution in [0.5, 0.6) is 0 Å². The van der Waals surface area contributed by atoms with Crippen molar-refractivity contribution < 1.29 is 22.7 Å². The van der Waals surface area contributed by atoms with Crippen LogP contribution >= 0.6 is 0 Å². The van der Waals surface area contributed by atoms with Crippen LogP contribution in [0.3, 0.4) is 0 Å². The number of anilines is 1. The topological polar surface area (TPSA) is 72.3 Å². The Morgan fingerprint density at radius 3 is 2.53 bits per heavy atom. The van der Waals surface area contributed by atoms with Gasteiger partial charge in [0, 0.05) is 25.8 Å². The third-order valence-electron chi connectivity index (χ3n) is 5.68. The highest BCUT2D eigenvalue weighted by molar-refractivity contribution is 5.95. The van der Waals surface area contributed by atoms with E-state index in [-0.39, 0.29) is 30.3 Å². The maximum atomic E-state index is 13.0. The standard InChI is InChI=1S/C24H26F3N5O2/c1-15-13-31(14-16(2)34-15)22-8-7-18(10-28-22)11-29-23(33)21-12-30-32(17(21)3)20-6-4-5-19(9-20)24(25,26)27/h4-10,12,15-16H,11,13-14H2,1-3H3,(H,29,33)/t15-,16+. The van der Waals surface area contributed by atoms with Crippen molar-refractivity contribution in [2.75, 3.05) is 18.0 Å². The normalized spacial score (nSPS) is 18.7. The molecular formula is C24H26F3N5O2. The minimum Gasteiger partial charge on any atom is -0.372 e. The number of morpholine rings is 1. The summed E-state index contributed by atoms with van der Waals surface area (Å²) in [5, 5.41) is 6.94. The van der Waals surface area contributed by atoms with Crippen LogP contribution < -0.4 is 10.2 Å². The molecule has 1 aliphatic rings. The van der Waals surface area contributed by atoms with E-state index in [0.717, 1.165) is 36.6 Å². The summed E-state index contributed by atoms with van der Waals surface area (Å²) < 4.78 is 46.2. The number of pyridine rings is 1. The number of carbonyl (C=O) groups excluding carboxylic acids is 1. The molecule has 0 radical (unpaired) electrons. The number of hydrogen-bond donors (Lipinski definition) is 1. The lowest BCUT2D eigenvalue weighted by molar-refractivity contribution is -0.137. The second kappa shape index (κ2) is 9.46. The third-order valence-corrected chi connectivity index (χ3v) is 5.68. The number of carbonyl (C=O) groups is 1. The number of aromatic nitrogens is 3. The van der Waals surface area contributed by atoms with Gasteiger partial charge >= 0.3 is 6.18 Å². The van der Waals surface area contributed by atoms with E-state index in [0.29, 0.717) is 11.3 Å². The fraction of sp³-hybridized carbons (Fsp3) is 0.375. The number of halogens is 3. The lowest BCUT2D eigenvalue weighted by Crippen LogP contribution is -2.45. The predicted octanol–water partition coefficient (Wildman–Crippen LogP) is 4.14. The van der Waals surface area contributed by atoms with Gasteiger partial charge in [-0.25, -0.2) is 9.67 Å². The average molecular weight is 473 g/mol. The molecule has 1 fully saturated rings. The summed E-state index contributed by atoms with van der Waals surface area (Å²) in [4.78, 5) is 19.4. The van der Waals surface area contributed by atoms with Crippen LogP contribution in [0.2, 0.25) is 0 Å². The maximum absolute atomic E-state index is 13.0.